The van der Waals surface area contributed by atoms with Crippen molar-refractivity contribution in [1.82, 2.24) is 10.2 Å². The minimum atomic E-state index is 0.424. The Morgan fingerprint density at radius 1 is 1.29 bits per heavy atom. The summed E-state index contributed by atoms with van der Waals surface area (Å²) in [6, 6.07) is 2.97. The summed E-state index contributed by atoms with van der Waals surface area (Å²) in [7, 11) is 0. The van der Waals surface area contributed by atoms with Crippen molar-refractivity contribution in [2.75, 3.05) is 13.1 Å². The van der Waals surface area contributed by atoms with Gasteiger partial charge in [0.1, 0.15) is 11.5 Å². The van der Waals surface area contributed by atoms with Crippen molar-refractivity contribution in [2.45, 2.75) is 66.1 Å². The van der Waals surface area contributed by atoms with Gasteiger partial charge in [0.15, 0.2) is 0 Å². The second-order valence-electron chi connectivity index (χ2n) is 8.06. The van der Waals surface area contributed by atoms with E-state index in [0.29, 0.717) is 5.41 Å². The second kappa shape index (κ2) is 5.77. The molecule has 0 aromatic carbocycles. The van der Waals surface area contributed by atoms with Gasteiger partial charge in [-0.2, -0.15) is 0 Å². The maximum atomic E-state index is 6.07. The van der Waals surface area contributed by atoms with Gasteiger partial charge in [-0.25, -0.2) is 0 Å². The zero-order chi connectivity index (χ0) is 15.0. The Morgan fingerprint density at radius 2 is 2.05 bits per heavy atom. The standard InChI is InChI=1S/C18H30N2O/c1-13-9-16(21-17(13)10-19-15-5-6-15)12-20-8-7-14(11-20)18(2,3)4/h9,14-15,19H,5-8,10-12H2,1-4H3. The molecule has 1 aliphatic heterocycles. The van der Waals surface area contributed by atoms with Crippen LogP contribution in [0.2, 0.25) is 0 Å². The molecule has 3 heteroatoms. The van der Waals surface area contributed by atoms with Crippen LogP contribution in [-0.2, 0) is 13.1 Å². The molecule has 21 heavy (non-hydrogen) atoms. The predicted octanol–water partition coefficient (Wildman–Crippen LogP) is 3.71. The van der Waals surface area contributed by atoms with E-state index in [4.69, 9.17) is 4.42 Å². The fourth-order valence-corrected chi connectivity index (χ4v) is 3.27. The average Bonchev–Trinajstić information content (AvgIpc) is 2.98. The Labute approximate surface area is 129 Å². The van der Waals surface area contributed by atoms with E-state index < -0.39 is 0 Å². The summed E-state index contributed by atoms with van der Waals surface area (Å²) >= 11 is 0. The fraction of sp³-hybridized carbons (Fsp3) is 0.778. The Hall–Kier alpha value is -0.800. The fourth-order valence-electron chi connectivity index (χ4n) is 3.27. The Kier molecular flexibility index (Phi) is 4.15. The number of furan rings is 1. The van der Waals surface area contributed by atoms with Gasteiger partial charge in [-0.15, -0.1) is 0 Å². The van der Waals surface area contributed by atoms with Crippen molar-refractivity contribution in [3.05, 3.63) is 23.2 Å². The Balaban J connectivity index is 1.54. The Morgan fingerprint density at radius 3 is 2.67 bits per heavy atom. The lowest BCUT2D eigenvalue weighted by atomic mass is 9.80. The second-order valence-corrected chi connectivity index (χ2v) is 8.06. The number of nitrogens with zero attached hydrogens (tertiary/aromatic N) is 1. The highest BCUT2D eigenvalue weighted by Gasteiger charge is 2.32. The van der Waals surface area contributed by atoms with E-state index in [1.165, 1.54) is 37.9 Å². The van der Waals surface area contributed by atoms with E-state index >= 15 is 0 Å². The lowest BCUT2D eigenvalue weighted by Crippen LogP contribution is -2.25. The zero-order valence-corrected chi connectivity index (χ0v) is 14.0. The molecule has 1 N–H and O–H groups in total. The molecule has 3 rings (SSSR count). The molecule has 118 valence electrons. The summed E-state index contributed by atoms with van der Waals surface area (Å²) in [5.41, 5.74) is 1.72. The summed E-state index contributed by atoms with van der Waals surface area (Å²) in [5.74, 6) is 3.07. The topological polar surface area (TPSA) is 28.4 Å². The van der Waals surface area contributed by atoms with Gasteiger partial charge in [-0.1, -0.05) is 20.8 Å². The van der Waals surface area contributed by atoms with E-state index in [1.54, 1.807) is 0 Å². The van der Waals surface area contributed by atoms with Crippen LogP contribution in [0.1, 0.15) is 57.1 Å². The number of hydrogen-bond acceptors (Lipinski definition) is 3. The number of aryl methyl sites for hydroxylation is 1. The molecule has 1 saturated carbocycles. The summed E-state index contributed by atoms with van der Waals surface area (Å²) in [6.07, 6.45) is 3.97. The molecule has 3 nitrogen and oxygen atoms in total. The van der Waals surface area contributed by atoms with Gasteiger partial charge in [-0.05, 0) is 55.7 Å². The summed E-state index contributed by atoms with van der Waals surface area (Å²) in [5, 5.41) is 3.54. The molecule has 2 aliphatic rings. The molecule has 0 amide bonds. The molecule has 2 heterocycles. The van der Waals surface area contributed by atoms with Crippen LogP contribution in [0, 0.1) is 18.3 Å². The van der Waals surface area contributed by atoms with Crippen LogP contribution in [0.3, 0.4) is 0 Å². The normalized spacial score (nSPS) is 23.9. The van der Waals surface area contributed by atoms with Gasteiger partial charge >= 0.3 is 0 Å². The largest absolute Gasteiger partial charge is 0.463 e. The Bertz CT molecular complexity index is 482. The van der Waals surface area contributed by atoms with E-state index in [9.17, 15) is 0 Å². The molecule has 1 aliphatic carbocycles. The molecule has 1 atom stereocenters. The van der Waals surface area contributed by atoms with Crippen LogP contribution in [-0.4, -0.2) is 24.0 Å². The van der Waals surface area contributed by atoms with E-state index in [1.807, 2.05) is 0 Å². The molecular weight excluding hydrogens is 260 g/mol. The minimum Gasteiger partial charge on any atom is -0.463 e. The molecule has 0 bridgehead atoms. The van der Waals surface area contributed by atoms with Gasteiger partial charge in [0.25, 0.3) is 0 Å². The zero-order valence-electron chi connectivity index (χ0n) is 14.0. The molecule has 1 aromatic rings. The van der Waals surface area contributed by atoms with Crippen LogP contribution in [0.25, 0.3) is 0 Å². The molecule has 0 radical (unpaired) electrons. The molecule has 0 spiro atoms. The smallest absolute Gasteiger partial charge is 0.120 e. The maximum Gasteiger partial charge on any atom is 0.120 e. The maximum absolute atomic E-state index is 6.07. The van der Waals surface area contributed by atoms with Crippen molar-refractivity contribution in [1.29, 1.82) is 0 Å². The van der Waals surface area contributed by atoms with E-state index in [2.05, 4.69) is 44.0 Å². The first kappa shape index (κ1) is 15.1. The van der Waals surface area contributed by atoms with E-state index in [-0.39, 0.29) is 0 Å². The highest BCUT2D eigenvalue weighted by molar-refractivity contribution is 5.20. The number of nitrogens with one attached hydrogen (secondary N) is 1. The first-order chi connectivity index (χ1) is 9.91. The van der Waals surface area contributed by atoms with Crippen LogP contribution in [0.5, 0.6) is 0 Å². The lowest BCUT2D eigenvalue weighted by molar-refractivity contribution is 0.218. The van der Waals surface area contributed by atoms with Gasteiger partial charge in [0.2, 0.25) is 0 Å². The molecule has 1 saturated heterocycles. The highest BCUT2D eigenvalue weighted by Crippen LogP contribution is 2.34. The van der Waals surface area contributed by atoms with Crippen LogP contribution in [0.4, 0.5) is 0 Å². The first-order valence-electron chi connectivity index (χ1n) is 8.46. The van der Waals surface area contributed by atoms with Gasteiger partial charge in [0.05, 0.1) is 13.1 Å². The summed E-state index contributed by atoms with van der Waals surface area (Å²) < 4.78 is 6.07. The van der Waals surface area contributed by atoms with Gasteiger partial charge in [0, 0.05) is 12.6 Å². The van der Waals surface area contributed by atoms with Crippen molar-refractivity contribution >= 4 is 0 Å². The summed E-state index contributed by atoms with van der Waals surface area (Å²) in [4.78, 5) is 2.55. The molecule has 1 aromatic heterocycles. The molecule has 1 unspecified atom stereocenters. The summed E-state index contributed by atoms with van der Waals surface area (Å²) in [6.45, 7) is 13.5. The molecule has 2 fully saturated rings. The van der Waals surface area contributed by atoms with Gasteiger partial charge in [-0.3, -0.25) is 4.90 Å². The first-order valence-corrected chi connectivity index (χ1v) is 8.46. The van der Waals surface area contributed by atoms with Crippen LogP contribution >= 0.6 is 0 Å². The van der Waals surface area contributed by atoms with Crippen molar-refractivity contribution in [2.24, 2.45) is 11.3 Å². The third-order valence-corrected chi connectivity index (χ3v) is 5.08. The van der Waals surface area contributed by atoms with Crippen LogP contribution in [0.15, 0.2) is 10.5 Å². The molecular formula is C18H30N2O. The average molecular weight is 290 g/mol. The monoisotopic (exact) mass is 290 g/mol. The third-order valence-electron chi connectivity index (χ3n) is 5.08. The predicted molar refractivity (Wildman–Crippen MR) is 86.1 cm³/mol. The quantitative estimate of drug-likeness (QED) is 0.896. The van der Waals surface area contributed by atoms with Gasteiger partial charge < -0.3 is 9.73 Å². The van der Waals surface area contributed by atoms with Crippen molar-refractivity contribution in [3.8, 4) is 0 Å². The number of rotatable bonds is 5. The van der Waals surface area contributed by atoms with E-state index in [0.717, 1.165) is 36.6 Å². The number of likely N-dealkylation sites (tertiary alicyclic amines) is 1. The van der Waals surface area contributed by atoms with Crippen LogP contribution < -0.4 is 5.32 Å². The van der Waals surface area contributed by atoms with Crippen molar-refractivity contribution < 1.29 is 4.42 Å². The van der Waals surface area contributed by atoms with Crippen molar-refractivity contribution in [3.63, 3.8) is 0 Å². The lowest BCUT2D eigenvalue weighted by Gasteiger charge is -2.26. The third kappa shape index (κ3) is 3.89. The highest BCUT2D eigenvalue weighted by atomic mass is 16.3. The SMILES string of the molecule is Cc1cc(CN2CCC(C(C)(C)C)C2)oc1CNC1CC1. The minimum absolute atomic E-state index is 0.424. The number of hydrogen-bond donors (Lipinski definition) is 1.